The van der Waals surface area contributed by atoms with Crippen LogP contribution >= 0.6 is 0 Å². The molecule has 2 aromatic carbocycles. The Hall–Kier alpha value is -2.70. The van der Waals surface area contributed by atoms with Gasteiger partial charge in [-0.05, 0) is 17.7 Å². The zero-order chi connectivity index (χ0) is 20.1. The minimum atomic E-state index is 0.0536. The first-order chi connectivity index (χ1) is 14.1. The van der Waals surface area contributed by atoms with Crippen LogP contribution in [0.1, 0.15) is 5.56 Å². The number of ether oxygens (including phenoxy) is 1. The largest absolute Gasteiger partial charge is 0.484 e. The van der Waals surface area contributed by atoms with Crippen molar-refractivity contribution in [3.8, 4) is 5.75 Å². The van der Waals surface area contributed by atoms with Crippen LogP contribution < -0.4 is 9.22 Å². The molecule has 2 aliphatic heterocycles. The third-order valence-corrected chi connectivity index (χ3v) is 5.77. The Bertz CT molecular complexity index is 862. The maximum atomic E-state index is 12.6. The zero-order valence-electron chi connectivity index (χ0n) is 17.0. The van der Waals surface area contributed by atoms with Gasteiger partial charge >= 0.3 is 0 Å². The van der Waals surface area contributed by atoms with Gasteiger partial charge in [-0.15, -0.1) is 0 Å². The monoisotopic (exact) mass is 393 g/mol. The summed E-state index contributed by atoms with van der Waals surface area (Å²) in [6.45, 7) is 6.11. The zero-order valence-corrected chi connectivity index (χ0v) is 17.0. The Morgan fingerprint density at radius 2 is 1.86 bits per heavy atom. The van der Waals surface area contributed by atoms with Gasteiger partial charge in [0.05, 0.1) is 13.6 Å². The van der Waals surface area contributed by atoms with Crippen molar-refractivity contribution in [2.75, 3.05) is 52.9 Å². The van der Waals surface area contributed by atoms with Crippen LogP contribution in [0, 0.1) is 0 Å². The van der Waals surface area contributed by atoms with Crippen molar-refractivity contribution in [3.63, 3.8) is 0 Å². The highest BCUT2D eigenvalue weighted by Crippen LogP contribution is 2.26. The Labute approximate surface area is 172 Å². The molecule has 0 saturated carbocycles. The summed E-state index contributed by atoms with van der Waals surface area (Å²) in [5, 5.41) is 0. The topological polar surface area (TPSA) is 45.1 Å². The SMILES string of the molecule is C[N+]1(c2cccc(OCC(=O)N3CCN(Cc4ccccc4)CC3)c2)C=NCC1. The average Bonchev–Trinajstić information content (AvgIpc) is 3.21. The van der Waals surface area contributed by atoms with Crippen LogP contribution in [-0.2, 0) is 11.3 Å². The van der Waals surface area contributed by atoms with Crippen molar-refractivity contribution in [2.45, 2.75) is 6.54 Å². The summed E-state index contributed by atoms with van der Waals surface area (Å²) in [4.78, 5) is 21.3. The summed E-state index contributed by atoms with van der Waals surface area (Å²) in [6, 6.07) is 18.5. The average molecular weight is 394 g/mol. The molecule has 1 saturated heterocycles. The van der Waals surface area contributed by atoms with Crippen LogP contribution in [0.5, 0.6) is 5.75 Å². The predicted octanol–water partition coefficient (Wildman–Crippen LogP) is 2.39. The van der Waals surface area contributed by atoms with Gasteiger partial charge in [-0.25, -0.2) is 9.48 Å². The molecule has 6 nitrogen and oxygen atoms in total. The summed E-state index contributed by atoms with van der Waals surface area (Å²) in [7, 11) is 2.13. The van der Waals surface area contributed by atoms with Gasteiger partial charge in [0.25, 0.3) is 5.91 Å². The summed E-state index contributed by atoms with van der Waals surface area (Å²) in [5.41, 5.74) is 2.45. The molecule has 0 spiro atoms. The maximum Gasteiger partial charge on any atom is 0.260 e. The van der Waals surface area contributed by atoms with E-state index in [0.29, 0.717) is 4.48 Å². The molecule has 0 aliphatic carbocycles. The maximum absolute atomic E-state index is 12.6. The van der Waals surface area contributed by atoms with Crippen LogP contribution in [0.4, 0.5) is 5.69 Å². The van der Waals surface area contributed by atoms with E-state index in [9.17, 15) is 4.79 Å². The van der Waals surface area contributed by atoms with E-state index >= 15 is 0 Å². The Morgan fingerprint density at radius 3 is 2.59 bits per heavy atom. The normalized spacial score (nSPS) is 22.0. The number of quaternary nitrogens is 1. The number of nitrogens with zero attached hydrogens (tertiary/aromatic N) is 4. The molecule has 1 atom stereocenters. The van der Waals surface area contributed by atoms with E-state index in [2.05, 4.69) is 47.3 Å². The van der Waals surface area contributed by atoms with Gasteiger partial charge in [0, 0.05) is 38.8 Å². The first-order valence-corrected chi connectivity index (χ1v) is 10.3. The molecular weight excluding hydrogens is 364 g/mol. The Balaban J connectivity index is 1.26. The molecule has 29 heavy (non-hydrogen) atoms. The van der Waals surface area contributed by atoms with Crippen LogP contribution in [0.3, 0.4) is 0 Å². The number of hydrogen-bond acceptors (Lipinski definition) is 4. The van der Waals surface area contributed by atoms with E-state index in [1.807, 2.05) is 35.5 Å². The van der Waals surface area contributed by atoms with Gasteiger partial charge in [0.1, 0.15) is 18.0 Å². The second kappa shape index (κ2) is 8.76. The summed E-state index contributed by atoms with van der Waals surface area (Å²) in [6.07, 6.45) is 1.97. The first-order valence-electron chi connectivity index (χ1n) is 10.3. The molecule has 0 N–H and O–H groups in total. The minimum Gasteiger partial charge on any atom is -0.484 e. The van der Waals surface area contributed by atoms with Gasteiger partial charge < -0.3 is 9.64 Å². The molecule has 1 fully saturated rings. The third-order valence-electron chi connectivity index (χ3n) is 5.77. The first kappa shape index (κ1) is 19.6. The summed E-state index contributed by atoms with van der Waals surface area (Å²) >= 11 is 0. The smallest absolute Gasteiger partial charge is 0.260 e. The number of benzene rings is 2. The fourth-order valence-electron chi connectivity index (χ4n) is 3.88. The number of piperazine rings is 1. The molecule has 0 radical (unpaired) electrons. The van der Waals surface area contributed by atoms with Crippen molar-refractivity contribution < 1.29 is 9.53 Å². The number of carbonyl (C=O) groups excluding carboxylic acids is 1. The molecule has 0 bridgehead atoms. The van der Waals surface area contributed by atoms with E-state index in [0.717, 1.165) is 57.3 Å². The molecule has 152 valence electrons. The molecule has 1 unspecified atom stereocenters. The lowest BCUT2D eigenvalue weighted by atomic mass is 10.2. The second-order valence-electron chi connectivity index (χ2n) is 7.94. The van der Waals surface area contributed by atoms with Gasteiger partial charge in [-0.2, -0.15) is 0 Å². The number of carbonyl (C=O) groups is 1. The van der Waals surface area contributed by atoms with Crippen LogP contribution in [0.25, 0.3) is 0 Å². The van der Waals surface area contributed by atoms with Crippen LogP contribution in [0.15, 0.2) is 59.6 Å². The summed E-state index contributed by atoms with van der Waals surface area (Å²) < 4.78 is 6.50. The molecule has 1 amide bonds. The van der Waals surface area contributed by atoms with Crippen molar-refractivity contribution in [3.05, 3.63) is 60.2 Å². The minimum absolute atomic E-state index is 0.0536. The number of hydrogen-bond donors (Lipinski definition) is 0. The molecule has 2 heterocycles. The van der Waals surface area contributed by atoms with E-state index in [1.165, 1.54) is 5.56 Å². The molecule has 0 aromatic heterocycles. The molecule has 2 aliphatic rings. The molecule has 2 aromatic rings. The molecular formula is C23H29N4O2+. The van der Waals surface area contributed by atoms with Gasteiger partial charge in [0.2, 0.25) is 0 Å². The highest BCUT2D eigenvalue weighted by atomic mass is 16.5. The standard InChI is InChI=1S/C23H29N4O2/c1-27(15-10-24-19-27)21-8-5-9-22(16-21)29-18-23(28)26-13-11-25(12-14-26)17-20-6-3-2-4-7-20/h2-9,16,19H,10-15,17-18H2,1H3/q+1. The molecule has 6 heteroatoms. The van der Waals surface area contributed by atoms with E-state index in [1.54, 1.807) is 0 Å². The van der Waals surface area contributed by atoms with Crippen LogP contribution in [0.2, 0.25) is 0 Å². The lowest BCUT2D eigenvalue weighted by molar-refractivity contribution is -0.135. The molecule has 4 rings (SSSR count). The fourth-order valence-corrected chi connectivity index (χ4v) is 3.88. The van der Waals surface area contributed by atoms with Gasteiger partial charge in [-0.1, -0.05) is 36.4 Å². The van der Waals surface area contributed by atoms with Crippen molar-refractivity contribution in [1.29, 1.82) is 0 Å². The lowest BCUT2D eigenvalue weighted by Gasteiger charge is -2.34. The van der Waals surface area contributed by atoms with Crippen LogP contribution in [-0.4, -0.2) is 75.0 Å². The van der Waals surface area contributed by atoms with Crippen molar-refractivity contribution in [2.24, 2.45) is 4.99 Å². The number of rotatable bonds is 6. The van der Waals surface area contributed by atoms with E-state index < -0.39 is 0 Å². The number of likely N-dealkylation sites (N-methyl/N-ethyl adjacent to an activating group) is 1. The van der Waals surface area contributed by atoms with Crippen molar-refractivity contribution in [1.82, 2.24) is 14.3 Å². The predicted molar refractivity (Wildman–Crippen MR) is 116 cm³/mol. The highest BCUT2D eigenvalue weighted by molar-refractivity contribution is 5.78. The van der Waals surface area contributed by atoms with Crippen molar-refractivity contribution >= 4 is 17.9 Å². The van der Waals surface area contributed by atoms with E-state index in [4.69, 9.17) is 4.74 Å². The summed E-state index contributed by atoms with van der Waals surface area (Å²) in [5.74, 6) is 0.788. The number of aliphatic imine (C=N–C) groups is 1. The third kappa shape index (κ3) is 4.83. The fraction of sp³-hybridized carbons (Fsp3) is 0.391. The van der Waals surface area contributed by atoms with Gasteiger partial charge in [0.15, 0.2) is 12.9 Å². The Kier molecular flexibility index (Phi) is 5.92. The highest BCUT2D eigenvalue weighted by Gasteiger charge is 2.27. The van der Waals surface area contributed by atoms with E-state index in [-0.39, 0.29) is 12.5 Å². The second-order valence-corrected chi connectivity index (χ2v) is 7.94. The lowest BCUT2D eigenvalue weighted by Crippen LogP contribution is -2.49. The Morgan fingerprint density at radius 1 is 1.07 bits per heavy atom. The quantitative estimate of drug-likeness (QED) is 0.708. The van der Waals surface area contributed by atoms with Gasteiger partial charge in [-0.3, -0.25) is 9.69 Å². The number of amides is 1.